The van der Waals surface area contributed by atoms with Crippen LogP contribution in [-0.4, -0.2) is 34.6 Å². The second kappa shape index (κ2) is 7.41. The molecule has 2 N–H and O–H groups in total. The van der Waals surface area contributed by atoms with Crippen molar-refractivity contribution in [2.75, 3.05) is 12.4 Å². The third kappa shape index (κ3) is 4.01. The molecular formula is C13H18O4S. The lowest BCUT2D eigenvalue weighted by molar-refractivity contribution is 0.0171. The van der Waals surface area contributed by atoms with Crippen LogP contribution in [0.5, 0.6) is 0 Å². The molecule has 18 heavy (non-hydrogen) atoms. The van der Waals surface area contributed by atoms with Crippen LogP contribution in [0.15, 0.2) is 24.3 Å². The predicted octanol–water partition coefficient (Wildman–Crippen LogP) is 1.58. The van der Waals surface area contributed by atoms with Gasteiger partial charge in [0.15, 0.2) is 0 Å². The highest BCUT2D eigenvalue weighted by Crippen LogP contribution is 2.20. The standard InChI is InChI=1S/C13H18O4S/c1-2-17-13(16)10-5-3-4-9(8-10)12(15)11(14)6-7-18/h3-5,8,11-12,14-15,18H,2,6-7H2,1H3. The number of aliphatic hydroxyl groups is 2. The molecule has 0 aromatic heterocycles. The van der Waals surface area contributed by atoms with Gasteiger partial charge in [-0.05, 0) is 36.8 Å². The zero-order valence-corrected chi connectivity index (χ0v) is 11.1. The number of rotatable bonds is 6. The van der Waals surface area contributed by atoms with E-state index < -0.39 is 18.2 Å². The minimum Gasteiger partial charge on any atom is -0.462 e. The van der Waals surface area contributed by atoms with Gasteiger partial charge in [-0.1, -0.05) is 12.1 Å². The molecule has 100 valence electrons. The van der Waals surface area contributed by atoms with Gasteiger partial charge in [0.05, 0.1) is 18.3 Å². The Morgan fingerprint density at radius 3 is 2.78 bits per heavy atom. The van der Waals surface area contributed by atoms with E-state index in [1.807, 2.05) is 0 Å². The summed E-state index contributed by atoms with van der Waals surface area (Å²) >= 11 is 4.00. The van der Waals surface area contributed by atoms with E-state index in [2.05, 4.69) is 12.6 Å². The zero-order chi connectivity index (χ0) is 13.5. The van der Waals surface area contributed by atoms with Crippen molar-refractivity contribution in [3.8, 4) is 0 Å². The lowest BCUT2D eigenvalue weighted by Gasteiger charge is -2.17. The number of esters is 1. The van der Waals surface area contributed by atoms with Gasteiger partial charge in [-0.3, -0.25) is 0 Å². The third-order valence-corrected chi connectivity index (χ3v) is 2.79. The SMILES string of the molecule is CCOC(=O)c1cccc(C(O)C(O)CCS)c1. The first kappa shape index (κ1) is 15.0. The van der Waals surface area contributed by atoms with Crippen molar-refractivity contribution in [3.63, 3.8) is 0 Å². The van der Waals surface area contributed by atoms with Crippen molar-refractivity contribution in [1.29, 1.82) is 0 Å². The molecule has 0 aliphatic rings. The van der Waals surface area contributed by atoms with Crippen molar-refractivity contribution in [2.24, 2.45) is 0 Å². The summed E-state index contributed by atoms with van der Waals surface area (Å²) in [6.45, 7) is 2.03. The van der Waals surface area contributed by atoms with Crippen LogP contribution in [0.3, 0.4) is 0 Å². The highest BCUT2D eigenvalue weighted by atomic mass is 32.1. The molecule has 0 saturated heterocycles. The fraction of sp³-hybridized carbons (Fsp3) is 0.462. The Hall–Kier alpha value is -1.04. The third-order valence-electron chi connectivity index (χ3n) is 2.53. The molecule has 0 aliphatic carbocycles. The number of thiol groups is 1. The maximum Gasteiger partial charge on any atom is 0.338 e. The number of hydrogen-bond donors (Lipinski definition) is 3. The second-order valence-corrected chi connectivity index (χ2v) is 4.32. The minimum atomic E-state index is -1.02. The summed E-state index contributed by atoms with van der Waals surface area (Å²) in [7, 11) is 0. The van der Waals surface area contributed by atoms with Gasteiger partial charge in [0.1, 0.15) is 6.10 Å². The Labute approximate surface area is 112 Å². The summed E-state index contributed by atoms with van der Waals surface area (Å²) in [6.07, 6.45) is -1.53. The molecule has 0 fully saturated rings. The minimum absolute atomic E-state index is 0.299. The topological polar surface area (TPSA) is 66.8 Å². The molecule has 2 atom stereocenters. The molecule has 0 aliphatic heterocycles. The zero-order valence-electron chi connectivity index (χ0n) is 10.2. The van der Waals surface area contributed by atoms with Crippen molar-refractivity contribution < 1.29 is 19.7 Å². The molecule has 1 rings (SSSR count). The summed E-state index contributed by atoms with van der Waals surface area (Å²) in [6, 6.07) is 6.46. The number of carbonyl (C=O) groups excluding carboxylic acids is 1. The summed E-state index contributed by atoms with van der Waals surface area (Å²) in [5.41, 5.74) is 0.862. The monoisotopic (exact) mass is 270 g/mol. The summed E-state index contributed by atoms with van der Waals surface area (Å²) in [5.74, 6) is 0.0470. The number of aliphatic hydroxyl groups excluding tert-OH is 2. The van der Waals surface area contributed by atoms with Gasteiger partial charge in [0.25, 0.3) is 0 Å². The molecular weight excluding hydrogens is 252 g/mol. The maximum absolute atomic E-state index is 11.5. The first-order valence-corrected chi connectivity index (χ1v) is 6.47. The molecule has 4 nitrogen and oxygen atoms in total. The fourth-order valence-corrected chi connectivity index (χ4v) is 1.84. The van der Waals surface area contributed by atoms with E-state index in [1.54, 1.807) is 25.1 Å². The predicted molar refractivity (Wildman–Crippen MR) is 71.8 cm³/mol. The summed E-state index contributed by atoms with van der Waals surface area (Å²) < 4.78 is 4.88. The van der Waals surface area contributed by atoms with Gasteiger partial charge in [-0.25, -0.2) is 4.79 Å². The van der Waals surface area contributed by atoms with Crippen LogP contribution in [0.4, 0.5) is 0 Å². The quantitative estimate of drug-likeness (QED) is 0.542. The Kier molecular flexibility index (Phi) is 6.18. The van der Waals surface area contributed by atoms with E-state index in [4.69, 9.17) is 4.74 Å². The molecule has 0 spiro atoms. The number of ether oxygens (including phenoxy) is 1. The van der Waals surface area contributed by atoms with Gasteiger partial charge < -0.3 is 14.9 Å². The van der Waals surface area contributed by atoms with E-state index >= 15 is 0 Å². The van der Waals surface area contributed by atoms with E-state index in [9.17, 15) is 15.0 Å². The summed E-state index contributed by atoms with van der Waals surface area (Å²) in [5, 5.41) is 19.6. The fourth-order valence-electron chi connectivity index (χ4n) is 1.58. The smallest absolute Gasteiger partial charge is 0.338 e. The van der Waals surface area contributed by atoms with E-state index in [1.165, 1.54) is 6.07 Å². The molecule has 0 heterocycles. The van der Waals surface area contributed by atoms with Crippen molar-refractivity contribution in [1.82, 2.24) is 0 Å². The second-order valence-electron chi connectivity index (χ2n) is 3.87. The van der Waals surface area contributed by atoms with Gasteiger partial charge >= 0.3 is 5.97 Å². The van der Waals surface area contributed by atoms with Gasteiger partial charge in [-0.2, -0.15) is 12.6 Å². The van der Waals surface area contributed by atoms with Gasteiger partial charge in [-0.15, -0.1) is 0 Å². The Bertz CT molecular complexity index is 394. The number of hydrogen-bond acceptors (Lipinski definition) is 5. The molecule has 0 radical (unpaired) electrons. The largest absolute Gasteiger partial charge is 0.462 e. The lowest BCUT2D eigenvalue weighted by Crippen LogP contribution is -2.19. The van der Waals surface area contributed by atoms with Crippen molar-refractivity contribution in [2.45, 2.75) is 25.6 Å². The van der Waals surface area contributed by atoms with Crippen LogP contribution in [0.2, 0.25) is 0 Å². The average Bonchev–Trinajstić information content (AvgIpc) is 2.38. The molecule has 0 saturated carbocycles. The number of carbonyl (C=O) groups is 1. The van der Waals surface area contributed by atoms with Gasteiger partial charge in [0, 0.05) is 0 Å². The molecule has 1 aromatic rings. The maximum atomic E-state index is 11.5. The van der Waals surface area contributed by atoms with E-state index in [-0.39, 0.29) is 0 Å². The van der Waals surface area contributed by atoms with E-state index in [0.29, 0.717) is 29.9 Å². The highest BCUT2D eigenvalue weighted by molar-refractivity contribution is 7.80. The van der Waals surface area contributed by atoms with Gasteiger partial charge in [0.2, 0.25) is 0 Å². The number of benzene rings is 1. The molecule has 2 unspecified atom stereocenters. The van der Waals surface area contributed by atoms with Crippen LogP contribution >= 0.6 is 12.6 Å². The summed E-state index contributed by atoms with van der Waals surface area (Å²) in [4.78, 5) is 11.5. The van der Waals surface area contributed by atoms with Crippen LogP contribution in [0, 0.1) is 0 Å². The van der Waals surface area contributed by atoms with Crippen LogP contribution < -0.4 is 0 Å². The molecule has 1 aromatic carbocycles. The van der Waals surface area contributed by atoms with Crippen molar-refractivity contribution >= 4 is 18.6 Å². The molecule has 0 bridgehead atoms. The highest BCUT2D eigenvalue weighted by Gasteiger charge is 2.18. The van der Waals surface area contributed by atoms with E-state index in [0.717, 1.165) is 0 Å². The molecule has 5 heteroatoms. The molecule has 0 amide bonds. The average molecular weight is 270 g/mol. The Morgan fingerprint density at radius 1 is 1.44 bits per heavy atom. The van der Waals surface area contributed by atoms with Crippen LogP contribution in [0.1, 0.15) is 35.4 Å². The Morgan fingerprint density at radius 2 is 2.17 bits per heavy atom. The lowest BCUT2D eigenvalue weighted by atomic mass is 10.0. The van der Waals surface area contributed by atoms with Crippen LogP contribution in [0.25, 0.3) is 0 Å². The van der Waals surface area contributed by atoms with Crippen LogP contribution in [-0.2, 0) is 4.74 Å². The first-order valence-electron chi connectivity index (χ1n) is 5.84. The first-order chi connectivity index (χ1) is 8.60. The Balaban J connectivity index is 2.84. The normalized spacial score (nSPS) is 14.0. The van der Waals surface area contributed by atoms with Crippen molar-refractivity contribution in [3.05, 3.63) is 35.4 Å².